The molecular weight excluding hydrogens is 278 g/mol. The molecule has 0 radical (unpaired) electrons. The number of hydrogen-bond donors (Lipinski definition) is 2. The van der Waals surface area contributed by atoms with E-state index < -0.39 is 5.92 Å². The smallest absolute Gasteiger partial charge is 0.248 e. The molecule has 3 N–H and O–H groups in total. The van der Waals surface area contributed by atoms with Crippen LogP contribution in [0.4, 0.5) is 8.78 Å². The predicted molar refractivity (Wildman–Crippen MR) is 76.0 cm³/mol. The van der Waals surface area contributed by atoms with Crippen LogP contribution in [0.2, 0.25) is 0 Å². The number of alkyl halides is 2. The highest BCUT2D eigenvalue weighted by atomic mass is 19.3. The van der Waals surface area contributed by atoms with Gasteiger partial charge in [-0.25, -0.2) is 8.78 Å². The second-order valence-corrected chi connectivity index (χ2v) is 5.66. The molecule has 7 heteroatoms. The van der Waals surface area contributed by atoms with E-state index in [0.717, 1.165) is 18.7 Å². The maximum absolute atomic E-state index is 13.3. The lowest BCUT2D eigenvalue weighted by molar-refractivity contribution is -0.0501. The van der Waals surface area contributed by atoms with Crippen molar-refractivity contribution in [3.8, 4) is 5.75 Å². The number of nitrogens with two attached hydrogens (primary N) is 1. The quantitative estimate of drug-likeness (QED) is 0.626. The van der Waals surface area contributed by atoms with Crippen molar-refractivity contribution in [2.75, 3.05) is 7.11 Å². The highest BCUT2D eigenvalue weighted by Crippen LogP contribution is 2.42. The Bertz CT molecular complexity index is 454. The van der Waals surface area contributed by atoms with Crippen LogP contribution in [0.3, 0.4) is 0 Å². The van der Waals surface area contributed by atoms with Crippen LogP contribution in [0.5, 0.6) is 5.75 Å². The summed E-state index contributed by atoms with van der Waals surface area (Å²) >= 11 is 0. The molecule has 1 fully saturated rings. The van der Waals surface area contributed by atoms with Gasteiger partial charge in [0, 0.05) is 19.4 Å². The van der Waals surface area contributed by atoms with Gasteiger partial charge in [0.1, 0.15) is 0 Å². The Morgan fingerprint density at radius 1 is 1.52 bits per heavy atom. The van der Waals surface area contributed by atoms with E-state index in [4.69, 9.17) is 10.6 Å². The molecule has 1 aliphatic rings. The summed E-state index contributed by atoms with van der Waals surface area (Å²) in [5.74, 6) is 3.90. The number of nitrogens with one attached hydrogen (secondary N) is 1. The van der Waals surface area contributed by atoms with Crippen LogP contribution in [0.1, 0.15) is 50.8 Å². The summed E-state index contributed by atoms with van der Waals surface area (Å²) in [6.45, 7) is 2.81. The zero-order chi connectivity index (χ0) is 15.5. The molecule has 120 valence electrons. The average Bonchev–Trinajstić information content (AvgIpc) is 2.85. The average molecular weight is 302 g/mol. The maximum Gasteiger partial charge on any atom is 0.248 e. The summed E-state index contributed by atoms with van der Waals surface area (Å²) in [4.78, 5) is 0. The van der Waals surface area contributed by atoms with Crippen LogP contribution in [0.15, 0.2) is 6.20 Å². The Kier molecular flexibility index (Phi) is 5.16. The fourth-order valence-corrected chi connectivity index (χ4v) is 3.07. The van der Waals surface area contributed by atoms with Gasteiger partial charge in [0.05, 0.1) is 25.0 Å². The van der Waals surface area contributed by atoms with E-state index in [-0.39, 0.29) is 24.8 Å². The Labute approximate surface area is 123 Å². The number of ether oxygens (including phenoxy) is 1. The molecule has 1 aromatic heterocycles. The van der Waals surface area contributed by atoms with Gasteiger partial charge in [0.25, 0.3) is 0 Å². The first-order chi connectivity index (χ1) is 10.0. The number of halogens is 2. The molecule has 1 unspecified atom stereocenters. The van der Waals surface area contributed by atoms with Crippen molar-refractivity contribution in [3.05, 3.63) is 11.9 Å². The monoisotopic (exact) mass is 302 g/mol. The standard InChI is InChI=1S/C14H24F2N4O/c1-3-8-20-13(11(21-2)9-18-20)12(19-17)10-4-6-14(15,16)7-5-10/h9-10,12,19H,3-8,17H2,1-2H3. The van der Waals surface area contributed by atoms with Crippen LogP contribution >= 0.6 is 0 Å². The van der Waals surface area contributed by atoms with Crippen molar-refractivity contribution in [2.24, 2.45) is 11.8 Å². The number of aryl methyl sites for hydroxylation is 1. The predicted octanol–water partition coefficient (Wildman–Crippen LogP) is 2.63. The first-order valence-corrected chi connectivity index (χ1v) is 7.46. The van der Waals surface area contributed by atoms with Crippen molar-refractivity contribution < 1.29 is 13.5 Å². The molecule has 0 amide bonds. The van der Waals surface area contributed by atoms with Gasteiger partial charge in [-0.05, 0) is 25.2 Å². The van der Waals surface area contributed by atoms with Crippen LogP contribution in [-0.4, -0.2) is 22.8 Å². The number of rotatable bonds is 6. The largest absolute Gasteiger partial charge is 0.493 e. The van der Waals surface area contributed by atoms with E-state index in [1.54, 1.807) is 13.3 Å². The molecule has 0 aliphatic heterocycles. The van der Waals surface area contributed by atoms with Gasteiger partial charge < -0.3 is 4.74 Å². The molecule has 1 heterocycles. The third-order valence-electron chi connectivity index (χ3n) is 4.21. The van der Waals surface area contributed by atoms with E-state index in [0.29, 0.717) is 18.6 Å². The fraction of sp³-hybridized carbons (Fsp3) is 0.786. The summed E-state index contributed by atoms with van der Waals surface area (Å²) < 4.78 is 33.9. The van der Waals surface area contributed by atoms with Crippen molar-refractivity contribution in [2.45, 2.75) is 57.5 Å². The summed E-state index contributed by atoms with van der Waals surface area (Å²) in [6, 6.07) is -0.218. The molecule has 1 atom stereocenters. The molecule has 21 heavy (non-hydrogen) atoms. The zero-order valence-electron chi connectivity index (χ0n) is 12.6. The van der Waals surface area contributed by atoms with Gasteiger partial charge in [0.2, 0.25) is 5.92 Å². The minimum Gasteiger partial charge on any atom is -0.493 e. The van der Waals surface area contributed by atoms with E-state index in [2.05, 4.69) is 17.4 Å². The first-order valence-electron chi connectivity index (χ1n) is 7.46. The van der Waals surface area contributed by atoms with Gasteiger partial charge in [-0.2, -0.15) is 5.10 Å². The SMILES string of the molecule is CCCn1ncc(OC)c1C(NN)C1CCC(F)(F)CC1. The number of aromatic nitrogens is 2. The van der Waals surface area contributed by atoms with Crippen molar-refractivity contribution in [3.63, 3.8) is 0 Å². The number of nitrogens with zero attached hydrogens (tertiary/aromatic N) is 2. The van der Waals surface area contributed by atoms with E-state index in [1.165, 1.54) is 0 Å². The normalized spacial score (nSPS) is 20.4. The summed E-state index contributed by atoms with van der Waals surface area (Å²) in [6.07, 6.45) is 3.31. The third kappa shape index (κ3) is 3.52. The summed E-state index contributed by atoms with van der Waals surface area (Å²) in [7, 11) is 1.58. The molecule has 1 aliphatic carbocycles. The van der Waals surface area contributed by atoms with Crippen LogP contribution in [0.25, 0.3) is 0 Å². The molecule has 1 saturated carbocycles. The van der Waals surface area contributed by atoms with Crippen LogP contribution < -0.4 is 16.0 Å². The Morgan fingerprint density at radius 2 is 2.19 bits per heavy atom. The Morgan fingerprint density at radius 3 is 2.71 bits per heavy atom. The highest BCUT2D eigenvalue weighted by molar-refractivity contribution is 5.29. The topological polar surface area (TPSA) is 65.1 Å². The van der Waals surface area contributed by atoms with Gasteiger partial charge in [-0.15, -0.1) is 0 Å². The molecule has 5 nitrogen and oxygen atoms in total. The Hall–Kier alpha value is -1.21. The fourth-order valence-electron chi connectivity index (χ4n) is 3.07. The Balaban J connectivity index is 2.23. The molecule has 0 spiro atoms. The van der Waals surface area contributed by atoms with Crippen molar-refractivity contribution >= 4 is 0 Å². The van der Waals surface area contributed by atoms with Gasteiger partial charge in [0.15, 0.2) is 5.75 Å². The minimum absolute atomic E-state index is 0.0656. The van der Waals surface area contributed by atoms with Gasteiger partial charge >= 0.3 is 0 Å². The van der Waals surface area contributed by atoms with Crippen molar-refractivity contribution in [1.82, 2.24) is 15.2 Å². The molecule has 2 rings (SSSR count). The van der Waals surface area contributed by atoms with Gasteiger partial charge in [-0.1, -0.05) is 6.92 Å². The summed E-state index contributed by atoms with van der Waals surface area (Å²) in [5.41, 5.74) is 3.65. The number of hydrazine groups is 1. The minimum atomic E-state index is -2.54. The van der Waals surface area contributed by atoms with E-state index >= 15 is 0 Å². The first kappa shape index (κ1) is 16.2. The molecule has 0 aromatic carbocycles. The van der Waals surface area contributed by atoms with Crippen LogP contribution in [0, 0.1) is 5.92 Å². The second kappa shape index (κ2) is 6.70. The highest BCUT2D eigenvalue weighted by Gasteiger charge is 2.39. The lowest BCUT2D eigenvalue weighted by Gasteiger charge is -2.33. The summed E-state index contributed by atoms with van der Waals surface area (Å²) in [5, 5.41) is 4.32. The second-order valence-electron chi connectivity index (χ2n) is 5.66. The molecular formula is C14H24F2N4O. The van der Waals surface area contributed by atoms with Crippen molar-refractivity contribution in [1.29, 1.82) is 0 Å². The zero-order valence-corrected chi connectivity index (χ0v) is 12.6. The molecule has 0 saturated heterocycles. The number of hydrogen-bond acceptors (Lipinski definition) is 4. The van der Waals surface area contributed by atoms with Crippen LogP contribution in [-0.2, 0) is 6.54 Å². The van der Waals surface area contributed by atoms with Gasteiger partial charge in [-0.3, -0.25) is 16.0 Å². The molecule has 0 bridgehead atoms. The molecule has 1 aromatic rings. The third-order valence-corrected chi connectivity index (χ3v) is 4.21. The maximum atomic E-state index is 13.3. The van der Waals surface area contributed by atoms with E-state index in [9.17, 15) is 8.78 Å². The lowest BCUT2D eigenvalue weighted by atomic mass is 9.81. The lowest BCUT2D eigenvalue weighted by Crippen LogP contribution is -2.38. The van der Waals surface area contributed by atoms with E-state index in [1.807, 2.05) is 4.68 Å². The number of methoxy groups -OCH3 is 1.